The van der Waals surface area contributed by atoms with Crippen molar-refractivity contribution < 1.29 is 113 Å². The van der Waals surface area contributed by atoms with Gasteiger partial charge in [0.2, 0.25) is 0 Å². The zero-order valence-electron chi connectivity index (χ0n) is 22.2. The maximum absolute atomic E-state index is 8.89. The second-order valence-corrected chi connectivity index (χ2v) is 3.93. The summed E-state index contributed by atoms with van der Waals surface area (Å²) in [5, 5.41) is 71.1. The molecular formula is C16H24Co2O16Pb6+20. The molecule has 0 spiro atoms. The number of carbonyl (C=O) groups excluding carboxylic acids is 8. The summed E-state index contributed by atoms with van der Waals surface area (Å²) in [6.45, 7) is 7.78. The summed E-state index contributed by atoms with van der Waals surface area (Å²) in [7, 11) is 0. The van der Waals surface area contributed by atoms with Crippen molar-refractivity contribution in [3.63, 3.8) is 0 Å². The molecular weight excluding hydrogens is 1810 g/mol. The first kappa shape index (κ1) is 104. The molecule has 0 unspecified atom stereocenters. The average molecular weight is 1830 g/mol. The molecule has 0 rings (SSSR count). The molecule has 0 aliphatic heterocycles. The van der Waals surface area contributed by atoms with Gasteiger partial charge in [-0.3, -0.25) is 0 Å². The Hall–Kier alpha value is 2.31. The Morgan fingerprint density at radius 3 is 0.250 bits per heavy atom. The average Bonchev–Trinajstić information content (AvgIpc) is 2.30. The Balaban J connectivity index is -0.0000000114. The standard InChI is InChI=1S/8C2H4O2.2Co.6Pb/c8*1-2(3)4;;;;;;;;/h8*1H3,(H,3,4);;;;;;;;/q;;;;;;;;2*+2;6*+4/p-8. The molecule has 0 aliphatic rings. The normalized spacial score (nSPS) is 5.00. The van der Waals surface area contributed by atoms with E-state index in [0.29, 0.717) is 0 Å². The Kier molecular flexibility index (Phi) is 253. The molecule has 40 heavy (non-hydrogen) atoms. The summed E-state index contributed by atoms with van der Waals surface area (Å²) in [5.41, 5.74) is 0. The van der Waals surface area contributed by atoms with E-state index >= 15 is 0 Å². The Labute approximate surface area is 373 Å². The molecule has 0 aliphatic carbocycles. The van der Waals surface area contributed by atoms with Crippen molar-refractivity contribution in [3.05, 3.63) is 0 Å². The van der Waals surface area contributed by atoms with Gasteiger partial charge >= 0.3 is 197 Å². The monoisotopic (exact) mass is 1840 g/mol. The topological polar surface area (TPSA) is 321 Å². The van der Waals surface area contributed by atoms with E-state index in [4.69, 9.17) is 79.2 Å². The van der Waals surface area contributed by atoms with Crippen LogP contribution in [0.5, 0.6) is 0 Å². The zero-order chi connectivity index (χ0) is 28.6. The molecule has 0 aromatic heterocycles. The van der Waals surface area contributed by atoms with Crippen LogP contribution in [-0.4, -0.2) is 212 Å². The van der Waals surface area contributed by atoms with E-state index in [0.717, 1.165) is 55.4 Å². The number of carbonyl (C=O) groups is 8. The molecule has 2 radical (unpaired) electrons. The fourth-order valence-electron chi connectivity index (χ4n) is 0. The van der Waals surface area contributed by atoms with Crippen LogP contribution in [0.2, 0.25) is 0 Å². The van der Waals surface area contributed by atoms with Crippen LogP contribution in [0.15, 0.2) is 0 Å². The Morgan fingerprint density at radius 1 is 0.250 bits per heavy atom. The van der Waals surface area contributed by atoms with Crippen molar-refractivity contribution in [2.24, 2.45) is 0 Å². The van der Waals surface area contributed by atoms with Crippen molar-refractivity contribution in [1.29, 1.82) is 0 Å². The summed E-state index contributed by atoms with van der Waals surface area (Å²) < 4.78 is 0. The van der Waals surface area contributed by atoms with Gasteiger partial charge in [0.15, 0.2) is 0 Å². The van der Waals surface area contributed by atoms with Gasteiger partial charge in [0.1, 0.15) is 0 Å². The zero-order valence-corrected chi connectivity index (χ0v) is 47.6. The number of hydrogen-bond acceptors (Lipinski definition) is 16. The minimum absolute atomic E-state index is 0. The molecule has 206 valence electrons. The van der Waals surface area contributed by atoms with Gasteiger partial charge in [-0.15, -0.1) is 0 Å². The number of carboxylic acid groups (broad SMARTS) is 8. The summed E-state index contributed by atoms with van der Waals surface area (Å²) in [5.74, 6) is -8.67. The van der Waals surface area contributed by atoms with E-state index in [-0.39, 0.29) is 197 Å². The second-order valence-electron chi connectivity index (χ2n) is 3.93. The molecule has 0 fully saturated rings. The largest absolute Gasteiger partial charge is 4.00 e. The van der Waals surface area contributed by atoms with Gasteiger partial charge in [-0.1, -0.05) is 0 Å². The molecule has 0 aromatic carbocycles. The maximum Gasteiger partial charge on any atom is 4.00 e. The van der Waals surface area contributed by atoms with E-state index in [1.807, 2.05) is 0 Å². The van der Waals surface area contributed by atoms with Crippen LogP contribution in [0.4, 0.5) is 0 Å². The molecule has 0 saturated carbocycles. The third kappa shape index (κ3) is 11700. The van der Waals surface area contributed by atoms with Gasteiger partial charge in [-0.2, -0.15) is 0 Å². The SMILES string of the molecule is CC(=O)[O-].CC(=O)[O-].CC(=O)[O-].CC(=O)[O-].CC(=O)[O-].CC(=O)[O-].CC(=O)[O-].CC(=O)[O-].[Co+2].[Co+2].[Pb+4].[Pb+4].[Pb+4].[Pb+4].[Pb+4].[Pb+4]. The maximum atomic E-state index is 8.89. The van der Waals surface area contributed by atoms with Gasteiger partial charge in [-0.25, -0.2) is 0 Å². The predicted molar refractivity (Wildman–Crippen MR) is 120 cm³/mol. The van der Waals surface area contributed by atoms with Crippen molar-refractivity contribution in [1.82, 2.24) is 0 Å². The third-order valence-electron chi connectivity index (χ3n) is 0. The molecule has 0 N–H and O–H groups in total. The molecule has 0 amide bonds. The van der Waals surface area contributed by atoms with Gasteiger partial charge < -0.3 is 79.2 Å². The van der Waals surface area contributed by atoms with Crippen LogP contribution in [0, 0.1) is 0 Å². The molecule has 0 atom stereocenters. The van der Waals surface area contributed by atoms with E-state index in [1.54, 1.807) is 0 Å². The minimum Gasteiger partial charge on any atom is -0.550 e. The van der Waals surface area contributed by atoms with Crippen molar-refractivity contribution >= 4 is 212 Å². The molecule has 0 bridgehead atoms. The Bertz CT molecular complexity index is 396. The quantitative estimate of drug-likeness (QED) is 0.203. The minimum atomic E-state index is -1.08. The molecule has 0 saturated heterocycles. The smallest absolute Gasteiger partial charge is 0.550 e. The molecule has 0 aromatic rings. The van der Waals surface area contributed by atoms with E-state index in [2.05, 4.69) is 0 Å². The van der Waals surface area contributed by atoms with Crippen molar-refractivity contribution in [3.8, 4) is 0 Å². The van der Waals surface area contributed by atoms with E-state index < -0.39 is 47.8 Å². The van der Waals surface area contributed by atoms with Crippen LogP contribution in [-0.2, 0) is 71.9 Å². The fourth-order valence-corrected chi connectivity index (χ4v) is 0. The molecule has 24 heteroatoms. The van der Waals surface area contributed by atoms with Gasteiger partial charge in [0, 0.05) is 47.8 Å². The third-order valence-corrected chi connectivity index (χ3v) is 0. The predicted octanol–water partition coefficient (Wildman–Crippen LogP) is -12.2. The van der Waals surface area contributed by atoms with Crippen LogP contribution in [0.25, 0.3) is 0 Å². The first-order chi connectivity index (χ1) is 13.9. The number of rotatable bonds is 0. The second kappa shape index (κ2) is 97.0. The van der Waals surface area contributed by atoms with Gasteiger partial charge in [0.25, 0.3) is 0 Å². The fraction of sp³-hybridized carbons (Fsp3) is 0.500. The van der Waals surface area contributed by atoms with Gasteiger partial charge in [0.05, 0.1) is 0 Å². The van der Waals surface area contributed by atoms with Crippen molar-refractivity contribution in [2.45, 2.75) is 55.4 Å². The van der Waals surface area contributed by atoms with E-state index in [9.17, 15) is 0 Å². The number of aliphatic carboxylic acids is 8. The van der Waals surface area contributed by atoms with Crippen molar-refractivity contribution in [2.75, 3.05) is 0 Å². The van der Waals surface area contributed by atoms with Crippen LogP contribution >= 0.6 is 0 Å². The first-order valence-corrected chi connectivity index (χ1v) is 7.27. The number of carboxylic acids is 8. The van der Waals surface area contributed by atoms with Gasteiger partial charge in [-0.05, 0) is 55.4 Å². The van der Waals surface area contributed by atoms with Crippen LogP contribution in [0.3, 0.4) is 0 Å². The summed E-state index contributed by atoms with van der Waals surface area (Å²) in [6, 6.07) is 0. The van der Waals surface area contributed by atoms with Crippen LogP contribution < -0.4 is 40.9 Å². The molecule has 0 heterocycles. The molecule has 16 nitrogen and oxygen atoms in total. The van der Waals surface area contributed by atoms with Crippen LogP contribution in [0.1, 0.15) is 55.4 Å². The number of hydrogen-bond donors (Lipinski definition) is 0. The summed E-state index contributed by atoms with van der Waals surface area (Å²) >= 11 is 0. The Morgan fingerprint density at radius 2 is 0.250 bits per heavy atom. The first-order valence-electron chi connectivity index (χ1n) is 7.27. The summed E-state index contributed by atoms with van der Waals surface area (Å²) in [4.78, 5) is 71.1. The summed E-state index contributed by atoms with van der Waals surface area (Å²) in [6.07, 6.45) is 0. The van der Waals surface area contributed by atoms with E-state index in [1.165, 1.54) is 0 Å².